The van der Waals surface area contributed by atoms with Crippen LogP contribution in [0.1, 0.15) is 22.8 Å². The Morgan fingerprint density at radius 2 is 1.85 bits per heavy atom. The summed E-state index contributed by atoms with van der Waals surface area (Å²) in [5.41, 5.74) is 1.82. The van der Waals surface area contributed by atoms with E-state index in [9.17, 15) is 9.59 Å². The predicted octanol–water partition coefficient (Wildman–Crippen LogP) is 3.29. The van der Waals surface area contributed by atoms with Crippen LogP contribution in [0.15, 0.2) is 36.4 Å². The molecule has 2 rings (SSSR count). The second-order valence-electron chi connectivity index (χ2n) is 5.42. The van der Waals surface area contributed by atoms with Crippen molar-refractivity contribution >= 4 is 29.1 Å². The molecule has 0 aliphatic carbocycles. The summed E-state index contributed by atoms with van der Waals surface area (Å²) < 4.78 is 10.7. The number of amides is 2. The van der Waals surface area contributed by atoms with Gasteiger partial charge in [0.15, 0.2) is 11.5 Å². The zero-order chi connectivity index (χ0) is 19.1. The largest absolute Gasteiger partial charge is 0.493 e. The van der Waals surface area contributed by atoms with Crippen molar-refractivity contribution in [2.45, 2.75) is 13.3 Å². The number of rotatable bonds is 7. The van der Waals surface area contributed by atoms with Crippen LogP contribution in [0.2, 0.25) is 5.02 Å². The molecule has 0 spiro atoms. The molecule has 0 aliphatic heterocycles. The molecule has 7 heteroatoms. The van der Waals surface area contributed by atoms with E-state index >= 15 is 0 Å². The lowest BCUT2D eigenvalue weighted by atomic mass is 10.1. The van der Waals surface area contributed by atoms with E-state index in [0.717, 1.165) is 5.56 Å². The van der Waals surface area contributed by atoms with Gasteiger partial charge in [-0.2, -0.15) is 0 Å². The number of methoxy groups -OCH3 is 1. The highest BCUT2D eigenvalue weighted by atomic mass is 35.5. The average molecular weight is 377 g/mol. The molecule has 26 heavy (non-hydrogen) atoms. The molecular weight excluding hydrogens is 356 g/mol. The number of anilines is 1. The number of likely N-dealkylation sites (N-methyl/N-ethyl adjacent to an activating group) is 1. The topological polar surface area (TPSA) is 76.7 Å². The van der Waals surface area contributed by atoms with Gasteiger partial charge in [0.05, 0.1) is 25.2 Å². The highest BCUT2D eigenvalue weighted by molar-refractivity contribution is 6.32. The fourth-order valence-corrected chi connectivity index (χ4v) is 2.58. The van der Waals surface area contributed by atoms with E-state index in [2.05, 4.69) is 10.6 Å². The standard InChI is InChI=1S/C19H21ClN2O4/c1-4-26-18-15(20)10-13(11-16(18)25-3)19(24)22-14-7-5-12(6-8-14)9-17(23)21-2/h5-8,10-11H,4,9H2,1-3H3,(H,21,23)(H,22,24). The fraction of sp³-hybridized carbons (Fsp3) is 0.263. The maximum absolute atomic E-state index is 12.5. The van der Waals surface area contributed by atoms with Crippen molar-refractivity contribution in [3.63, 3.8) is 0 Å². The van der Waals surface area contributed by atoms with E-state index in [4.69, 9.17) is 21.1 Å². The Bertz CT molecular complexity index is 791. The highest BCUT2D eigenvalue weighted by Gasteiger charge is 2.16. The quantitative estimate of drug-likeness (QED) is 0.777. The second-order valence-corrected chi connectivity index (χ2v) is 5.83. The molecule has 0 heterocycles. The normalized spacial score (nSPS) is 10.2. The van der Waals surface area contributed by atoms with Crippen LogP contribution in [0.4, 0.5) is 5.69 Å². The van der Waals surface area contributed by atoms with E-state index in [1.807, 2.05) is 6.92 Å². The molecule has 0 atom stereocenters. The Labute approximate surface area is 157 Å². The first-order valence-electron chi connectivity index (χ1n) is 8.09. The minimum absolute atomic E-state index is 0.0714. The lowest BCUT2D eigenvalue weighted by molar-refractivity contribution is -0.119. The third kappa shape index (κ3) is 4.89. The molecule has 2 N–H and O–H groups in total. The molecule has 6 nitrogen and oxygen atoms in total. The summed E-state index contributed by atoms with van der Waals surface area (Å²) >= 11 is 6.20. The van der Waals surface area contributed by atoms with E-state index in [-0.39, 0.29) is 18.2 Å². The first-order chi connectivity index (χ1) is 12.5. The maximum atomic E-state index is 12.5. The van der Waals surface area contributed by atoms with Crippen LogP contribution in [0.5, 0.6) is 11.5 Å². The van der Waals surface area contributed by atoms with E-state index in [0.29, 0.717) is 34.4 Å². The molecule has 2 aromatic rings. The Hall–Kier alpha value is -2.73. The van der Waals surface area contributed by atoms with Crippen LogP contribution in [0.25, 0.3) is 0 Å². The van der Waals surface area contributed by atoms with Gasteiger partial charge in [0.25, 0.3) is 5.91 Å². The number of nitrogens with one attached hydrogen (secondary N) is 2. The molecule has 0 unspecified atom stereocenters. The highest BCUT2D eigenvalue weighted by Crippen LogP contribution is 2.36. The van der Waals surface area contributed by atoms with Crippen LogP contribution >= 0.6 is 11.6 Å². The summed E-state index contributed by atoms with van der Waals surface area (Å²) in [6.45, 7) is 2.27. The van der Waals surface area contributed by atoms with Gasteiger partial charge in [-0.25, -0.2) is 0 Å². The van der Waals surface area contributed by atoms with Gasteiger partial charge in [-0.3, -0.25) is 9.59 Å². The second kappa shape index (κ2) is 9.10. The average Bonchev–Trinajstić information content (AvgIpc) is 2.64. The zero-order valence-corrected chi connectivity index (χ0v) is 15.6. The molecule has 0 aliphatic rings. The molecule has 0 aromatic heterocycles. The first kappa shape index (κ1) is 19.6. The van der Waals surface area contributed by atoms with Crippen LogP contribution in [-0.4, -0.2) is 32.6 Å². The molecular formula is C19H21ClN2O4. The van der Waals surface area contributed by atoms with Gasteiger partial charge in [0, 0.05) is 18.3 Å². The molecule has 2 aromatic carbocycles. The molecule has 0 bridgehead atoms. The Balaban J connectivity index is 2.14. The van der Waals surface area contributed by atoms with Crippen LogP contribution < -0.4 is 20.1 Å². The van der Waals surface area contributed by atoms with Crippen molar-refractivity contribution in [3.8, 4) is 11.5 Å². The number of carbonyl (C=O) groups is 2. The third-order valence-corrected chi connectivity index (χ3v) is 3.92. The lowest BCUT2D eigenvalue weighted by Gasteiger charge is -2.13. The summed E-state index contributed by atoms with van der Waals surface area (Å²) in [5, 5.41) is 5.66. The van der Waals surface area contributed by atoms with Crippen LogP contribution in [-0.2, 0) is 11.2 Å². The van der Waals surface area contributed by atoms with Gasteiger partial charge in [-0.05, 0) is 36.8 Å². The molecule has 138 valence electrons. The fourth-order valence-electron chi connectivity index (χ4n) is 2.32. The molecule has 0 radical (unpaired) electrons. The van der Waals surface area contributed by atoms with Gasteiger partial charge in [-0.1, -0.05) is 23.7 Å². The minimum Gasteiger partial charge on any atom is -0.493 e. The summed E-state index contributed by atoms with van der Waals surface area (Å²) in [7, 11) is 3.08. The van der Waals surface area contributed by atoms with Crippen molar-refractivity contribution in [3.05, 3.63) is 52.5 Å². The molecule has 0 saturated heterocycles. The van der Waals surface area contributed by atoms with Gasteiger partial charge in [-0.15, -0.1) is 0 Å². The zero-order valence-electron chi connectivity index (χ0n) is 14.9. The van der Waals surface area contributed by atoms with E-state index < -0.39 is 0 Å². The third-order valence-electron chi connectivity index (χ3n) is 3.64. The number of carbonyl (C=O) groups excluding carboxylic acids is 2. The Kier molecular flexibility index (Phi) is 6.86. The molecule has 0 fully saturated rings. The summed E-state index contributed by atoms with van der Waals surface area (Å²) in [6.07, 6.45) is 0.288. The number of hydrogen-bond donors (Lipinski definition) is 2. The van der Waals surface area contributed by atoms with Crippen molar-refractivity contribution < 1.29 is 19.1 Å². The SMILES string of the molecule is CCOc1c(Cl)cc(C(=O)Nc2ccc(CC(=O)NC)cc2)cc1OC. The lowest BCUT2D eigenvalue weighted by Crippen LogP contribution is -2.19. The van der Waals surface area contributed by atoms with Gasteiger partial charge in [0.1, 0.15) is 0 Å². The molecule has 2 amide bonds. The smallest absolute Gasteiger partial charge is 0.255 e. The summed E-state index contributed by atoms with van der Waals surface area (Å²) in [5.74, 6) is 0.405. The van der Waals surface area contributed by atoms with E-state index in [1.165, 1.54) is 13.2 Å². The van der Waals surface area contributed by atoms with Crippen molar-refractivity contribution in [2.24, 2.45) is 0 Å². The van der Waals surface area contributed by atoms with Crippen molar-refractivity contribution in [1.29, 1.82) is 0 Å². The number of hydrogen-bond acceptors (Lipinski definition) is 4. The Morgan fingerprint density at radius 1 is 1.15 bits per heavy atom. The summed E-state index contributed by atoms with van der Waals surface area (Å²) in [4.78, 5) is 23.9. The summed E-state index contributed by atoms with van der Waals surface area (Å²) in [6, 6.07) is 10.2. The monoisotopic (exact) mass is 376 g/mol. The van der Waals surface area contributed by atoms with Crippen molar-refractivity contribution in [1.82, 2.24) is 5.32 Å². The van der Waals surface area contributed by atoms with Gasteiger partial charge < -0.3 is 20.1 Å². The van der Waals surface area contributed by atoms with E-state index in [1.54, 1.807) is 37.4 Å². The number of ether oxygens (including phenoxy) is 2. The Morgan fingerprint density at radius 3 is 2.42 bits per heavy atom. The van der Waals surface area contributed by atoms with Crippen LogP contribution in [0, 0.1) is 0 Å². The number of benzene rings is 2. The van der Waals surface area contributed by atoms with Crippen molar-refractivity contribution in [2.75, 3.05) is 26.1 Å². The maximum Gasteiger partial charge on any atom is 0.255 e. The predicted molar refractivity (Wildman–Crippen MR) is 101 cm³/mol. The molecule has 0 saturated carbocycles. The van der Waals surface area contributed by atoms with Gasteiger partial charge >= 0.3 is 0 Å². The first-order valence-corrected chi connectivity index (χ1v) is 8.47. The van der Waals surface area contributed by atoms with Crippen LogP contribution in [0.3, 0.4) is 0 Å². The number of halogens is 1. The van der Waals surface area contributed by atoms with Gasteiger partial charge in [0.2, 0.25) is 5.91 Å². The minimum atomic E-state index is -0.327.